The lowest BCUT2D eigenvalue weighted by Gasteiger charge is -2.19. The Hall–Kier alpha value is -1.69. The third-order valence-corrected chi connectivity index (χ3v) is 2.74. The number of carboxylic acids is 1. The molecule has 0 bridgehead atoms. The Morgan fingerprint density at radius 2 is 2.06 bits per heavy atom. The molecule has 0 aromatic heterocycles. The molecule has 0 heterocycles. The van der Waals surface area contributed by atoms with Gasteiger partial charge in [-0.1, -0.05) is 6.92 Å². The first kappa shape index (κ1) is 14.4. The molecule has 100 valence electrons. The average molecular weight is 259 g/mol. The van der Waals surface area contributed by atoms with E-state index in [0.717, 1.165) is 12.1 Å². The molecule has 4 nitrogen and oxygen atoms in total. The average Bonchev–Trinajstić information content (AvgIpc) is 2.29. The van der Waals surface area contributed by atoms with Gasteiger partial charge >= 0.3 is 5.97 Å². The lowest BCUT2D eigenvalue weighted by atomic mass is 9.92. The summed E-state index contributed by atoms with van der Waals surface area (Å²) in [6.45, 7) is 1.57. The normalized spacial score (nSPS) is 14.1. The number of benzene rings is 1. The van der Waals surface area contributed by atoms with Crippen LogP contribution in [0.5, 0.6) is 5.75 Å². The Kier molecular flexibility index (Phi) is 4.61. The molecule has 6 heteroatoms. The molecule has 0 aliphatic heterocycles. The molecule has 1 aromatic carbocycles. The Morgan fingerprint density at radius 1 is 1.44 bits per heavy atom. The lowest BCUT2D eigenvalue weighted by molar-refractivity contribution is -0.138. The highest BCUT2D eigenvalue weighted by Gasteiger charge is 2.22. The van der Waals surface area contributed by atoms with Crippen LogP contribution in [0.2, 0.25) is 0 Å². The van der Waals surface area contributed by atoms with Crippen molar-refractivity contribution in [1.29, 1.82) is 0 Å². The molecule has 0 amide bonds. The van der Waals surface area contributed by atoms with E-state index in [1.54, 1.807) is 6.92 Å². The summed E-state index contributed by atoms with van der Waals surface area (Å²) in [6, 6.07) is 0.955. The van der Waals surface area contributed by atoms with Crippen molar-refractivity contribution in [1.82, 2.24) is 0 Å². The number of ether oxygens (including phenoxy) is 1. The van der Waals surface area contributed by atoms with Crippen LogP contribution in [0.3, 0.4) is 0 Å². The maximum atomic E-state index is 13.7. The highest BCUT2D eigenvalue weighted by Crippen LogP contribution is 2.29. The predicted octanol–water partition coefficient (Wildman–Crippen LogP) is 2.08. The zero-order valence-electron chi connectivity index (χ0n) is 10.1. The van der Waals surface area contributed by atoms with Crippen molar-refractivity contribution >= 4 is 5.97 Å². The van der Waals surface area contributed by atoms with E-state index in [0.29, 0.717) is 0 Å². The molecule has 0 aliphatic carbocycles. The Bertz CT molecular complexity index is 451. The third-order valence-electron chi connectivity index (χ3n) is 2.74. The minimum atomic E-state index is -1.03. The predicted molar refractivity (Wildman–Crippen MR) is 61.3 cm³/mol. The van der Waals surface area contributed by atoms with Crippen LogP contribution >= 0.6 is 0 Å². The minimum Gasteiger partial charge on any atom is -0.494 e. The van der Waals surface area contributed by atoms with E-state index in [9.17, 15) is 13.6 Å². The molecule has 0 aliphatic rings. The topological polar surface area (TPSA) is 72.5 Å². The van der Waals surface area contributed by atoms with Crippen LogP contribution in [-0.4, -0.2) is 18.2 Å². The van der Waals surface area contributed by atoms with Crippen LogP contribution in [0, 0.1) is 17.6 Å². The molecule has 1 rings (SSSR count). The van der Waals surface area contributed by atoms with E-state index in [1.165, 1.54) is 7.11 Å². The minimum absolute atomic E-state index is 0.0537. The molecule has 0 saturated carbocycles. The number of rotatable bonds is 5. The molecule has 0 fully saturated rings. The van der Waals surface area contributed by atoms with Gasteiger partial charge in [0, 0.05) is 24.1 Å². The van der Waals surface area contributed by atoms with Crippen molar-refractivity contribution in [2.75, 3.05) is 7.11 Å². The summed E-state index contributed by atoms with van der Waals surface area (Å²) in [4.78, 5) is 10.6. The van der Waals surface area contributed by atoms with Crippen molar-refractivity contribution in [3.63, 3.8) is 0 Å². The fraction of sp³-hybridized carbons (Fsp3) is 0.417. The van der Waals surface area contributed by atoms with E-state index >= 15 is 0 Å². The van der Waals surface area contributed by atoms with Crippen molar-refractivity contribution in [3.8, 4) is 5.75 Å². The Balaban J connectivity index is 3.02. The summed E-state index contributed by atoms with van der Waals surface area (Å²) in [5.74, 6) is -3.20. The quantitative estimate of drug-likeness (QED) is 0.849. The van der Waals surface area contributed by atoms with Gasteiger partial charge in [-0.3, -0.25) is 4.79 Å². The summed E-state index contributed by atoms with van der Waals surface area (Å²) in [5, 5.41) is 8.64. The number of carbonyl (C=O) groups is 1. The monoisotopic (exact) mass is 259 g/mol. The molecule has 3 N–H and O–H groups in total. The van der Waals surface area contributed by atoms with E-state index in [4.69, 9.17) is 10.8 Å². The number of aliphatic carboxylic acids is 1. The van der Waals surface area contributed by atoms with Crippen molar-refractivity contribution < 1.29 is 23.4 Å². The first-order valence-corrected chi connectivity index (χ1v) is 5.37. The highest BCUT2D eigenvalue weighted by molar-refractivity contribution is 5.67. The highest BCUT2D eigenvalue weighted by atomic mass is 19.1. The SMILES string of the molecule is COc1cc(F)c(C(N)C(C)CC(=O)O)cc1F. The third kappa shape index (κ3) is 3.16. The zero-order valence-corrected chi connectivity index (χ0v) is 10.1. The van der Waals surface area contributed by atoms with Gasteiger partial charge in [-0.05, 0) is 12.0 Å². The van der Waals surface area contributed by atoms with Crippen LogP contribution < -0.4 is 10.5 Å². The summed E-state index contributed by atoms with van der Waals surface area (Å²) < 4.78 is 31.8. The fourth-order valence-corrected chi connectivity index (χ4v) is 1.66. The van der Waals surface area contributed by atoms with Crippen LogP contribution in [0.1, 0.15) is 24.9 Å². The van der Waals surface area contributed by atoms with Crippen LogP contribution in [0.4, 0.5) is 8.78 Å². The number of hydrogen-bond donors (Lipinski definition) is 2. The second-order valence-corrected chi connectivity index (χ2v) is 4.11. The number of methoxy groups -OCH3 is 1. The van der Waals surface area contributed by atoms with E-state index in [2.05, 4.69) is 4.74 Å². The summed E-state index contributed by atoms with van der Waals surface area (Å²) in [6.07, 6.45) is -0.214. The molecule has 18 heavy (non-hydrogen) atoms. The second-order valence-electron chi connectivity index (χ2n) is 4.11. The van der Waals surface area contributed by atoms with Gasteiger partial charge in [0.1, 0.15) is 5.82 Å². The van der Waals surface area contributed by atoms with Gasteiger partial charge in [0.05, 0.1) is 7.11 Å². The standard InChI is InChI=1S/C12H15F2NO3/c1-6(3-11(16)17)12(15)7-4-9(14)10(18-2)5-8(7)13/h4-6,12H,3,15H2,1-2H3,(H,16,17). The molecular weight excluding hydrogens is 244 g/mol. The number of halogens is 2. The van der Waals surface area contributed by atoms with Crippen LogP contribution in [-0.2, 0) is 4.79 Å². The molecule has 2 unspecified atom stereocenters. The summed E-state index contributed by atoms with van der Waals surface area (Å²) in [5.41, 5.74) is 5.68. The molecule has 2 atom stereocenters. The summed E-state index contributed by atoms with van der Waals surface area (Å²) in [7, 11) is 1.23. The van der Waals surface area contributed by atoms with Gasteiger partial charge in [0.25, 0.3) is 0 Å². The molecule has 0 spiro atoms. The van der Waals surface area contributed by atoms with Gasteiger partial charge in [-0.15, -0.1) is 0 Å². The summed E-state index contributed by atoms with van der Waals surface area (Å²) >= 11 is 0. The van der Waals surface area contributed by atoms with E-state index in [-0.39, 0.29) is 17.7 Å². The first-order chi connectivity index (χ1) is 8.36. The molecular formula is C12H15F2NO3. The lowest BCUT2D eigenvalue weighted by Crippen LogP contribution is -2.23. The van der Waals surface area contributed by atoms with Crippen molar-refractivity contribution in [2.24, 2.45) is 11.7 Å². The van der Waals surface area contributed by atoms with Crippen molar-refractivity contribution in [2.45, 2.75) is 19.4 Å². The van der Waals surface area contributed by atoms with Gasteiger partial charge in [-0.2, -0.15) is 0 Å². The maximum Gasteiger partial charge on any atom is 0.303 e. The van der Waals surface area contributed by atoms with E-state index in [1.807, 2.05) is 0 Å². The smallest absolute Gasteiger partial charge is 0.303 e. The van der Waals surface area contributed by atoms with Crippen molar-refractivity contribution in [3.05, 3.63) is 29.3 Å². The zero-order chi connectivity index (χ0) is 13.9. The number of hydrogen-bond acceptors (Lipinski definition) is 3. The molecule has 0 radical (unpaired) electrons. The largest absolute Gasteiger partial charge is 0.494 e. The Morgan fingerprint density at radius 3 is 2.56 bits per heavy atom. The van der Waals surface area contributed by atoms with Gasteiger partial charge in [-0.25, -0.2) is 8.78 Å². The van der Waals surface area contributed by atoms with Crippen LogP contribution in [0.25, 0.3) is 0 Å². The molecule has 0 saturated heterocycles. The first-order valence-electron chi connectivity index (χ1n) is 5.37. The second kappa shape index (κ2) is 5.77. The fourth-order valence-electron chi connectivity index (χ4n) is 1.66. The van der Waals surface area contributed by atoms with Gasteiger partial charge in [0.15, 0.2) is 11.6 Å². The number of nitrogens with two attached hydrogens (primary N) is 1. The Labute approximate surface area is 103 Å². The van der Waals surface area contributed by atoms with Gasteiger partial charge in [0.2, 0.25) is 0 Å². The molecule has 1 aromatic rings. The van der Waals surface area contributed by atoms with Gasteiger partial charge < -0.3 is 15.6 Å². The van der Waals surface area contributed by atoms with Crippen LogP contribution in [0.15, 0.2) is 12.1 Å². The maximum absolute atomic E-state index is 13.7. The number of carboxylic acid groups (broad SMARTS) is 1. The van der Waals surface area contributed by atoms with E-state index < -0.39 is 29.6 Å².